The highest BCUT2D eigenvalue weighted by Gasteiger charge is 2.03. The second-order valence-electron chi connectivity index (χ2n) is 7.14. The molecular weight excluding hydrogens is 312 g/mol. The molecule has 0 aromatic rings. The minimum Gasteiger partial charge on any atom is -0.481 e. The maximum atomic E-state index is 10.4. The summed E-state index contributed by atoms with van der Waals surface area (Å²) >= 11 is 0. The Morgan fingerprint density at radius 2 is 1.44 bits per heavy atom. The molecule has 1 aliphatic heterocycles. The summed E-state index contributed by atoms with van der Waals surface area (Å²) in [5.74, 6) is -0.667. The first kappa shape index (κ1) is 21.7. The number of unbranched alkanes of at least 4 members (excludes halogenated alkanes) is 11. The van der Waals surface area contributed by atoms with Crippen LogP contribution < -0.4 is 0 Å². The van der Waals surface area contributed by atoms with Crippen molar-refractivity contribution in [1.82, 2.24) is 4.90 Å². The van der Waals surface area contributed by atoms with Crippen LogP contribution in [0.5, 0.6) is 0 Å². The number of rotatable bonds is 17. The van der Waals surface area contributed by atoms with Gasteiger partial charge in [0, 0.05) is 19.5 Å². The molecule has 25 heavy (non-hydrogen) atoms. The molecule has 1 heterocycles. The van der Waals surface area contributed by atoms with E-state index in [-0.39, 0.29) is 0 Å². The molecule has 0 aliphatic carbocycles. The lowest BCUT2D eigenvalue weighted by molar-refractivity contribution is -0.137. The van der Waals surface area contributed by atoms with E-state index in [1.54, 1.807) is 0 Å². The Bertz CT molecular complexity index is 380. The van der Waals surface area contributed by atoms with Gasteiger partial charge >= 0.3 is 5.97 Å². The summed E-state index contributed by atoms with van der Waals surface area (Å²) in [6, 6.07) is 0. The molecule has 0 bridgehead atoms. The number of hydrogen-bond acceptors (Lipinski definition) is 3. The number of carboxylic acid groups (broad SMARTS) is 1. The number of carboxylic acids is 1. The van der Waals surface area contributed by atoms with Gasteiger partial charge in [0.15, 0.2) is 0 Å². The highest BCUT2D eigenvalue weighted by atomic mass is 16.4. The minimum absolute atomic E-state index is 0.327. The summed E-state index contributed by atoms with van der Waals surface area (Å²) in [5, 5.41) is 8.55. The van der Waals surface area contributed by atoms with Gasteiger partial charge in [-0.1, -0.05) is 57.1 Å². The average Bonchev–Trinajstić information content (AvgIpc) is 3.11. The van der Waals surface area contributed by atoms with Crippen molar-refractivity contribution in [3.05, 3.63) is 12.2 Å². The van der Waals surface area contributed by atoms with Crippen LogP contribution in [-0.4, -0.2) is 41.9 Å². The Hall–Kier alpha value is -1.32. The van der Waals surface area contributed by atoms with Gasteiger partial charge in [-0.15, -0.1) is 0 Å². The fourth-order valence-electron chi connectivity index (χ4n) is 3.18. The van der Waals surface area contributed by atoms with Crippen molar-refractivity contribution >= 4 is 12.3 Å². The Labute approximate surface area is 154 Å². The van der Waals surface area contributed by atoms with E-state index >= 15 is 0 Å². The first-order chi connectivity index (χ1) is 12.3. The van der Waals surface area contributed by atoms with Crippen LogP contribution in [0.15, 0.2) is 17.1 Å². The standard InChI is InChI=1S/C21H38N2O2/c24-21(25)16-14-12-10-8-6-4-2-1-3-5-7-9-11-13-15-18-23-19-17-22-20-23/h1-2,20H,3-19H2,(H,24,25)/b2-1-. The molecule has 1 N–H and O–H groups in total. The number of allylic oxidation sites excluding steroid dienone is 2. The Morgan fingerprint density at radius 1 is 0.880 bits per heavy atom. The molecule has 0 saturated carbocycles. The van der Waals surface area contributed by atoms with Crippen molar-refractivity contribution in [2.75, 3.05) is 19.6 Å². The van der Waals surface area contributed by atoms with E-state index in [0.717, 1.165) is 25.9 Å². The molecule has 4 nitrogen and oxygen atoms in total. The van der Waals surface area contributed by atoms with Crippen molar-refractivity contribution in [1.29, 1.82) is 0 Å². The first-order valence-corrected chi connectivity index (χ1v) is 10.4. The third-order valence-electron chi connectivity index (χ3n) is 4.76. The highest BCUT2D eigenvalue weighted by Crippen LogP contribution is 2.10. The summed E-state index contributed by atoms with van der Waals surface area (Å²) in [6.45, 7) is 3.29. The lowest BCUT2D eigenvalue weighted by atomic mass is 10.1. The quantitative estimate of drug-likeness (QED) is 0.281. The average molecular weight is 351 g/mol. The van der Waals surface area contributed by atoms with Crippen LogP contribution in [0.4, 0.5) is 0 Å². The molecule has 0 amide bonds. The lowest BCUT2D eigenvalue weighted by Crippen LogP contribution is -2.20. The summed E-state index contributed by atoms with van der Waals surface area (Å²) in [5.41, 5.74) is 0. The van der Waals surface area contributed by atoms with Gasteiger partial charge in [0.25, 0.3) is 0 Å². The smallest absolute Gasteiger partial charge is 0.303 e. The predicted octanol–water partition coefficient (Wildman–Crippen LogP) is 5.43. The van der Waals surface area contributed by atoms with Crippen LogP contribution in [-0.2, 0) is 4.79 Å². The zero-order valence-electron chi connectivity index (χ0n) is 16.0. The van der Waals surface area contributed by atoms with Crippen molar-refractivity contribution in [2.45, 2.75) is 89.9 Å². The van der Waals surface area contributed by atoms with Gasteiger partial charge in [-0.05, 0) is 38.5 Å². The van der Waals surface area contributed by atoms with Gasteiger partial charge < -0.3 is 10.0 Å². The molecule has 0 saturated heterocycles. The van der Waals surface area contributed by atoms with Crippen LogP contribution in [0.25, 0.3) is 0 Å². The zero-order valence-corrected chi connectivity index (χ0v) is 16.0. The molecule has 0 spiro atoms. The van der Waals surface area contributed by atoms with Crippen LogP contribution in [0, 0.1) is 0 Å². The van der Waals surface area contributed by atoms with Gasteiger partial charge in [-0.3, -0.25) is 9.79 Å². The fraction of sp³-hybridized carbons (Fsp3) is 0.810. The molecule has 0 aromatic carbocycles. The third-order valence-corrected chi connectivity index (χ3v) is 4.76. The zero-order chi connectivity index (χ0) is 18.0. The van der Waals surface area contributed by atoms with E-state index in [0.29, 0.717) is 6.42 Å². The van der Waals surface area contributed by atoms with Gasteiger partial charge in [-0.25, -0.2) is 0 Å². The van der Waals surface area contributed by atoms with Crippen LogP contribution in [0.1, 0.15) is 89.9 Å². The van der Waals surface area contributed by atoms with Crippen molar-refractivity contribution in [3.63, 3.8) is 0 Å². The van der Waals surface area contributed by atoms with Gasteiger partial charge in [0.1, 0.15) is 0 Å². The van der Waals surface area contributed by atoms with Crippen molar-refractivity contribution in [2.24, 2.45) is 4.99 Å². The van der Waals surface area contributed by atoms with Crippen LogP contribution in [0.2, 0.25) is 0 Å². The molecule has 0 aromatic heterocycles. The SMILES string of the molecule is O=C(O)CCCCCCC/C=C\CCCCCCCCN1C=NCC1. The predicted molar refractivity (Wildman–Crippen MR) is 106 cm³/mol. The fourth-order valence-corrected chi connectivity index (χ4v) is 3.18. The Balaban J connectivity index is 1.71. The first-order valence-electron chi connectivity index (χ1n) is 10.4. The number of nitrogens with zero attached hydrogens (tertiary/aromatic N) is 2. The molecule has 4 heteroatoms. The molecule has 1 rings (SSSR count). The lowest BCUT2D eigenvalue weighted by Gasteiger charge is -2.12. The molecule has 0 unspecified atom stereocenters. The maximum absolute atomic E-state index is 10.4. The summed E-state index contributed by atoms with van der Waals surface area (Å²) in [7, 11) is 0. The van der Waals surface area contributed by atoms with Crippen molar-refractivity contribution < 1.29 is 9.90 Å². The summed E-state index contributed by atoms with van der Waals surface area (Å²) in [4.78, 5) is 17.0. The molecule has 0 radical (unpaired) electrons. The molecular formula is C21H38N2O2. The molecule has 1 aliphatic rings. The number of hydrogen-bond donors (Lipinski definition) is 1. The van der Waals surface area contributed by atoms with Gasteiger partial charge in [-0.2, -0.15) is 0 Å². The normalized spacial score (nSPS) is 14.0. The van der Waals surface area contributed by atoms with E-state index in [1.807, 2.05) is 6.34 Å². The monoisotopic (exact) mass is 350 g/mol. The minimum atomic E-state index is -0.667. The van der Waals surface area contributed by atoms with E-state index < -0.39 is 5.97 Å². The Morgan fingerprint density at radius 3 is 2.00 bits per heavy atom. The second-order valence-corrected chi connectivity index (χ2v) is 7.14. The number of aliphatic imine (C=N–C) groups is 1. The topological polar surface area (TPSA) is 52.9 Å². The van der Waals surface area contributed by atoms with E-state index in [9.17, 15) is 4.79 Å². The van der Waals surface area contributed by atoms with Gasteiger partial charge in [0.2, 0.25) is 0 Å². The van der Waals surface area contributed by atoms with Crippen LogP contribution in [0.3, 0.4) is 0 Å². The third kappa shape index (κ3) is 14.7. The largest absolute Gasteiger partial charge is 0.481 e. The van der Waals surface area contributed by atoms with E-state index in [4.69, 9.17) is 5.11 Å². The second kappa shape index (κ2) is 16.2. The maximum Gasteiger partial charge on any atom is 0.303 e. The van der Waals surface area contributed by atoms with E-state index in [1.165, 1.54) is 77.2 Å². The molecule has 0 fully saturated rings. The highest BCUT2D eigenvalue weighted by molar-refractivity contribution is 5.66. The van der Waals surface area contributed by atoms with Crippen LogP contribution >= 0.6 is 0 Å². The van der Waals surface area contributed by atoms with Crippen molar-refractivity contribution in [3.8, 4) is 0 Å². The molecule has 144 valence electrons. The number of aliphatic carboxylic acids is 1. The Kier molecular flexibility index (Phi) is 14.0. The summed E-state index contributed by atoms with van der Waals surface area (Å²) < 4.78 is 0. The van der Waals surface area contributed by atoms with E-state index in [2.05, 4.69) is 22.0 Å². The summed E-state index contributed by atoms with van der Waals surface area (Å²) in [6.07, 6.45) is 23.0. The number of carbonyl (C=O) groups is 1. The van der Waals surface area contributed by atoms with Gasteiger partial charge in [0.05, 0.1) is 12.9 Å². The molecule has 0 atom stereocenters.